The second-order valence-electron chi connectivity index (χ2n) is 10.7. The third-order valence-corrected chi connectivity index (χ3v) is 9.01. The van der Waals surface area contributed by atoms with Crippen molar-refractivity contribution < 1.29 is 19.4 Å². The smallest absolute Gasteiger partial charge is 0.305 e. The molecule has 0 bridgehead atoms. The summed E-state index contributed by atoms with van der Waals surface area (Å²) in [7, 11) is 1.44. The summed E-state index contributed by atoms with van der Waals surface area (Å²) >= 11 is 0. The first kappa shape index (κ1) is 22.5. The molecule has 1 N–H and O–H groups in total. The van der Waals surface area contributed by atoms with Crippen molar-refractivity contribution in [2.24, 2.45) is 23.2 Å². The monoisotopic (exact) mass is 448 g/mol. The van der Waals surface area contributed by atoms with E-state index in [2.05, 4.69) is 37.3 Å². The van der Waals surface area contributed by atoms with Crippen LogP contribution < -0.4 is 4.74 Å². The molecule has 0 aliphatic heterocycles. The van der Waals surface area contributed by atoms with Gasteiger partial charge in [0.2, 0.25) is 0 Å². The molecule has 176 valence electrons. The van der Waals surface area contributed by atoms with E-state index in [-0.39, 0.29) is 23.4 Å². The summed E-state index contributed by atoms with van der Waals surface area (Å²) in [5, 5.41) is 11.2. The Morgan fingerprint density at radius 3 is 2.76 bits per heavy atom. The number of hydrogen-bond donors (Lipinski definition) is 1. The van der Waals surface area contributed by atoms with E-state index in [9.17, 15) is 9.90 Å². The van der Waals surface area contributed by atoms with Crippen LogP contribution >= 0.6 is 0 Å². The number of aliphatic hydroxyl groups excluding tert-OH is 1. The fourth-order valence-electron chi connectivity index (χ4n) is 7.22. The van der Waals surface area contributed by atoms with Gasteiger partial charge in [0.1, 0.15) is 12.4 Å². The molecule has 0 aromatic heterocycles. The third-order valence-electron chi connectivity index (χ3n) is 9.01. The summed E-state index contributed by atoms with van der Waals surface area (Å²) in [6.45, 7) is 2.89. The number of carbonyl (C=O) groups excluding carboxylic acids is 1. The number of hydrogen-bond acceptors (Lipinski definition) is 4. The van der Waals surface area contributed by atoms with Crippen molar-refractivity contribution >= 4 is 5.97 Å². The van der Waals surface area contributed by atoms with Crippen LogP contribution in [0.1, 0.15) is 68.1 Å². The second kappa shape index (κ2) is 9.13. The topological polar surface area (TPSA) is 55.8 Å². The molecule has 2 fully saturated rings. The number of methoxy groups -OCH3 is 1. The van der Waals surface area contributed by atoms with Gasteiger partial charge >= 0.3 is 5.97 Å². The molecule has 2 aromatic rings. The van der Waals surface area contributed by atoms with Crippen molar-refractivity contribution in [3.8, 4) is 5.75 Å². The van der Waals surface area contributed by atoms with Crippen molar-refractivity contribution in [2.75, 3.05) is 7.11 Å². The average Bonchev–Trinajstić information content (AvgIpc) is 3.11. The number of esters is 1. The second-order valence-corrected chi connectivity index (χ2v) is 10.7. The first-order valence-electron chi connectivity index (χ1n) is 12.5. The molecule has 0 radical (unpaired) electrons. The Morgan fingerprint density at radius 1 is 1.15 bits per heavy atom. The minimum atomic E-state index is -0.316. The number of ether oxygens (including phenoxy) is 2. The van der Waals surface area contributed by atoms with E-state index >= 15 is 0 Å². The van der Waals surface area contributed by atoms with E-state index in [0.717, 1.165) is 37.9 Å². The number of aliphatic hydroxyl groups is 1. The lowest BCUT2D eigenvalue weighted by molar-refractivity contribution is -0.141. The van der Waals surface area contributed by atoms with Gasteiger partial charge in [0.25, 0.3) is 0 Å². The van der Waals surface area contributed by atoms with Gasteiger partial charge in [-0.2, -0.15) is 0 Å². The molecule has 3 aliphatic carbocycles. The molecule has 6 atom stereocenters. The summed E-state index contributed by atoms with van der Waals surface area (Å²) in [5.74, 6) is 2.70. The van der Waals surface area contributed by atoms with E-state index in [1.807, 2.05) is 18.2 Å². The third kappa shape index (κ3) is 4.19. The molecule has 0 spiro atoms. The lowest BCUT2D eigenvalue weighted by atomic mass is 9.55. The van der Waals surface area contributed by atoms with Crippen molar-refractivity contribution in [1.82, 2.24) is 0 Å². The summed E-state index contributed by atoms with van der Waals surface area (Å²) in [5.41, 5.74) is 4.08. The molecule has 4 heteroatoms. The largest absolute Gasteiger partial charge is 0.489 e. The summed E-state index contributed by atoms with van der Waals surface area (Å²) in [6.07, 6.45) is 6.30. The van der Waals surface area contributed by atoms with E-state index in [1.54, 1.807) is 0 Å². The van der Waals surface area contributed by atoms with Gasteiger partial charge in [-0.1, -0.05) is 43.3 Å². The highest BCUT2D eigenvalue weighted by Crippen LogP contribution is 2.62. The molecule has 0 heterocycles. The highest BCUT2D eigenvalue weighted by Gasteiger charge is 2.57. The Morgan fingerprint density at radius 2 is 1.97 bits per heavy atom. The van der Waals surface area contributed by atoms with Crippen LogP contribution in [0.3, 0.4) is 0 Å². The molecule has 4 nitrogen and oxygen atoms in total. The zero-order valence-electron chi connectivity index (χ0n) is 19.8. The predicted molar refractivity (Wildman–Crippen MR) is 128 cm³/mol. The molecule has 3 unspecified atom stereocenters. The zero-order chi connectivity index (χ0) is 23.0. The van der Waals surface area contributed by atoms with Gasteiger partial charge in [-0.3, -0.25) is 4.79 Å². The van der Waals surface area contributed by atoms with E-state index in [0.29, 0.717) is 30.8 Å². The minimum Gasteiger partial charge on any atom is -0.489 e. The summed E-state index contributed by atoms with van der Waals surface area (Å²) in [4.78, 5) is 11.7. The number of rotatable bonds is 6. The maximum Gasteiger partial charge on any atom is 0.305 e. The molecular formula is C29H36O4. The Hall–Kier alpha value is -2.33. The summed E-state index contributed by atoms with van der Waals surface area (Å²) < 4.78 is 10.9. The normalized spacial score (nSPS) is 32.4. The zero-order valence-corrected chi connectivity index (χ0v) is 19.8. The van der Waals surface area contributed by atoms with Gasteiger partial charge in [-0.15, -0.1) is 0 Å². The highest BCUT2D eigenvalue weighted by atomic mass is 16.5. The Balaban J connectivity index is 1.29. The molecule has 5 rings (SSSR count). The van der Waals surface area contributed by atoms with E-state index in [1.165, 1.54) is 30.2 Å². The maximum absolute atomic E-state index is 11.7. The van der Waals surface area contributed by atoms with Gasteiger partial charge in [0, 0.05) is 6.42 Å². The Labute approximate surface area is 197 Å². The molecule has 2 saturated carbocycles. The van der Waals surface area contributed by atoms with Gasteiger partial charge < -0.3 is 14.6 Å². The standard InChI is InChI=1S/C29H36O4/c1-29-15-14-24-23-12-10-22(33-18-19-6-4-3-5-7-19)16-20(23)8-11-25(24)26(29)17-21(28(29)31)9-13-27(30)32-2/h3-7,10,12,16,21,24-26,28,31H,8-9,11,13-15,17-18H2,1-2H3/t21-,24?,25?,26?,28+,29+/m1/s1. The van der Waals surface area contributed by atoms with E-state index < -0.39 is 0 Å². The average molecular weight is 449 g/mol. The van der Waals surface area contributed by atoms with Crippen LogP contribution in [0.2, 0.25) is 0 Å². The number of benzene rings is 2. The van der Waals surface area contributed by atoms with Gasteiger partial charge in [-0.25, -0.2) is 0 Å². The molecule has 3 aliphatic rings. The molecule has 0 amide bonds. The van der Waals surface area contributed by atoms with Crippen molar-refractivity contribution in [3.63, 3.8) is 0 Å². The van der Waals surface area contributed by atoms with Crippen LogP contribution in [0.5, 0.6) is 5.75 Å². The van der Waals surface area contributed by atoms with Gasteiger partial charge in [0.15, 0.2) is 0 Å². The maximum atomic E-state index is 11.7. The SMILES string of the molecule is COC(=O)CC[C@@H]1CC2C3CCc4cc(OCc5ccccc5)ccc4C3CC[C@]2(C)[C@H]1O. The first-order chi connectivity index (χ1) is 16.0. The lowest BCUT2D eigenvalue weighted by Gasteiger charge is -2.50. The predicted octanol–water partition coefficient (Wildman–Crippen LogP) is 5.66. The summed E-state index contributed by atoms with van der Waals surface area (Å²) in [6, 6.07) is 17.0. The van der Waals surface area contributed by atoms with Crippen LogP contribution in [0.4, 0.5) is 0 Å². The number of aryl methyl sites for hydroxylation is 1. The minimum absolute atomic E-state index is 0.0296. The molecule has 2 aromatic carbocycles. The van der Waals surface area contributed by atoms with Gasteiger partial charge in [0.05, 0.1) is 13.2 Å². The van der Waals surface area contributed by atoms with Crippen LogP contribution in [-0.4, -0.2) is 24.3 Å². The van der Waals surface area contributed by atoms with Crippen LogP contribution in [-0.2, 0) is 22.6 Å². The van der Waals surface area contributed by atoms with Crippen LogP contribution in [0.25, 0.3) is 0 Å². The number of carbonyl (C=O) groups is 1. The fourth-order valence-corrected chi connectivity index (χ4v) is 7.22. The number of fused-ring (bicyclic) bond motifs is 5. The highest BCUT2D eigenvalue weighted by molar-refractivity contribution is 5.69. The lowest BCUT2D eigenvalue weighted by Crippen LogP contribution is -2.44. The Bertz CT molecular complexity index is 986. The van der Waals surface area contributed by atoms with Crippen molar-refractivity contribution in [3.05, 3.63) is 65.2 Å². The first-order valence-corrected chi connectivity index (χ1v) is 12.5. The van der Waals surface area contributed by atoms with Crippen LogP contribution in [0.15, 0.2) is 48.5 Å². The van der Waals surface area contributed by atoms with Crippen LogP contribution in [0, 0.1) is 23.2 Å². The fraction of sp³-hybridized carbons (Fsp3) is 0.552. The van der Waals surface area contributed by atoms with Gasteiger partial charge in [-0.05, 0) is 96.4 Å². The van der Waals surface area contributed by atoms with Crippen molar-refractivity contribution in [2.45, 2.75) is 70.5 Å². The molecule has 0 saturated heterocycles. The van der Waals surface area contributed by atoms with Crippen molar-refractivity contribution in [1.29, 1.82) is 0 Å². The molecular weight excluding hydrogens is 412 g/mol. The van der Waals surface area contributed by atoms with E-state index in [4.69, 9.17) is 9.47 Å². The Kier molecular flexibility index (Phi) is 6.22. The quantitative estimate of drug-likeness (QED) is 0.579. The molecule has 33 heavy (non-hydrogen) atoms.